The molecule has 1 aromatic heterocycles. The predicted molar refractivity (Wildman–Crippen MR) is 222 cm³/mol. The highest BCUT2D eigenvalue weighted by Gasteiger charge is 2.62. The van der Waals surface area contributed by atoms with Gasteiger partial charge in [0.05, 0.1) is 31.0 Å². The van der Waals surface area contributed by atoms with Crippen molar-refractivity contribution in [1.29, 1.82) is 0 Å². The van der Waals surface area contributed by atoms with Gasteiger partial charge in [-0.05, 0) is 98.6 Å². The fraction of sp³-hybridized carbons (Fsp3) is 0.558. The number of fused-ring (bicyclic) bond motifs is 5. The number of halogens is 1. The molecule has 0 radical (unpaired) electrons. The SMILES string of the molecule is C=C[C@@H]1C[C@]1(NC(=O)[C@@H]1C[C@@H]2CN1C(=O)[C@H](C1CCCC1)NC(=O)OCC(C)(C)CCCc1cc3c(nc4ccc(Cl)cc4c3cc1OC)O2)C(=O)NS(=O)(=O)C1CC1. The Hall–Kier alpha value is -4.63. The van der Waals surface area contributed by atoms with Gasteiger partial charge in [0.1, 0.15) is 29.5 Å². The second-order valence-corrected chi connectivity index (χ2v) is 20.1. The Labute approximate surface area is 349 Å². The van der Waals surface area contributed by atoms with E-state index in [1.54, 1.807) is 13.2 Å². The fourth-order valence-corrected chi connectivity index (χ4v) is 10.7. The highest BCUT2D eigenvalue weighted by atomic mass is 35.5. The Kier molecular flexibility index (Phi) is 11.0. The normalized spacial score (nSPS) is 27.6. The number of aromatic nitrogens is 1. The van der Waals surface area contributed by atoms with Crippen LogP contribution in [-0.2, 0) is 35.6 Å². The van der Waals surface area contributed by atoms with E-state index in [1.807, 2.05) is 38.1 Å². The first-order chi connectivity index (χ1) is 28.1. The molecule has 3 heterocycles. The van der Waals surface area contributed by atoms with Gasteiger partial charge in [0.2, 0.25) is 27.7 Å². The maximum absolute atomic E-state index is 14.9. The van der Waals surface area contributed by atoms with E-state index in [1.165, 1.54) is 11.0 Å². The number of rotatable bonds is 8. The van der Waals surface area contributed by atoms with Gasteiger partial charge in [-0.25, -0.2) is 18.2 Å². The van der Waals surface area contributed by atoms with Crippen LogP contribution in [-0.4, -0.2) is 91.4 Å². The van der Waals surface area contributed by atoms with Crippen LogP contribution in [0.1, 0.15) is 83.6 Å². The topological polar surface area (TPSA) is 182 Å². The lowest BCUT2D eigenvalue weighted by Crippen LogP contribution is -2.59. The Morgan fingerprint density at radius 2 is 1.83 bits per heavy atom. The molecule has 3 aliphatic carbocycles. The minimum Gasteiger partial charge on any atom is -0.496 e. The van der Waals surface area contributed by atoms with Gasteiger partial charge in [0, 0.05) is 33.5 Å². The molecular weight excluding hydrogens is 798 g/mol. The molecule has 59 heavy (non-hydrogen) atoms. The largest absolute Gasteiger partial charge is 0.496 e. The Balaban J connectivity index is 1.19. The number of methoxy groups -OCH3 is 1. The zero-order valence-electron chi connectivity index (χ0n) is 33.7. The van der Waals surface area contributed by atoms with Crippen LogP contribution in [0.4, 0.5) is 4.79 Å². The minimum atomic E-state index is -3.92. The maximum Gasteiger partial charge on any atom is 0.407 e. The van der Waals surface area contributed by atoms with Crippen molar-refractivity contribution < 1.29 is 41.8 Å². The minimum absolute atomic E-state index is 0.0231. The average Bonchev–Trinajstić information content (AvgIpc) is 4.07. The molecule has 2 aliphatic heterocycles. The smallest absolute Gasteiger partial charge is 0.407 e. The number of aryl methyl sites for hydroxylation is 1. The van der Waals surface area contributed by atoms with Gasteiger partial charge in [0.25, 0.3) is 5.91 Å². The zero-order chi connectivity index (χ0) is 41.9. The number of cyclic esters (lactones) is 1. The summed E-state index contributed by atoms with van der Waals surface area (Å²) in [6.07, 6.45) is 6.47. The number of sulfonamides is 1. The van der Waals surface area contributed by atoms with Gasteiger partial charge in [-0.1, -0.05) is 44.4 Å². The Bertz CT molecular complexity index is 2330. The van der Waals surface area contributed by atoms with Gasteiger partial charge in [-0.3, -0.25) is 19.1 Å². The Morgan fingerprint density at radius 3 is 2.53 bits per heavy atom. The number of alkyl carbamates (subject to hydrolysis) is 1. The summed E-state index contributed by atoms with van der Waals surface area (Å²) in [6.45, 7) is 7.96. The van der Waals surface area contributed by atoms with Crippen molar-refractivity contribution in [2.75, 3.05) is 20.3 Å². The van der Waals surface area contributed by atoms with Crippen molar-refractivity contribution in [3.63, 3.8) is 0 Å². The highest BCUT2D eigenvalue weighted by Crippen LogP contribution is 2.46. The van der Waals surface area contributed by atoms with Crippen LogP contribution in [0.15, 0.2) is 43.0 Å². The van der Waals surface area contributed by atoms with Crippen molar-refractivity contribution in [2.45, 2.75) is 113 Å². The molecule has 16 heteroatoms. The number of nitrogens with one attached hydrogen (secondary N) is 3. The van der Waals surface area contributed by atoms with Crippen molar-refractivity contribution in [3.8, 4) is 11.6 Å². The molecule has 3 saturated carbocycles. The van der Waals surface area contributed by atoms with E-state index in [9.17, 15) is 27.6 Å². The molecule has 5 atom stereocenters. The van der Waals surface area contributed by atoms with Crippen LogP contribution in [0.2, 0.25) is 5.02 Å². The number of carbonyl (C=O) groups is 4. The zero-order valence-corrected chi connectivity index (χ0v) is 35.3. The molecule has 5 aliphatic rings. The number of carbonyl (C=O) groups excluding carboxylic acids is 4. The third-order valence-electron chi connectivity index (χ3n) is 12.8. The molecular formula is C43H52ClN5O9S. The lowest BCUT2D eigenvalue weighted by molar-refractivity contribution is -0.142. The maximum atomic E-state index is 14.9. The van der Waals surface area contributed by atoms with Crippen LogP contribution in [0.5, 0.6) is 11.6 Å². The number of amides is 4. The van der Waals surface area contributed by atoms with E-state index in [4.69, 9.17) is 30.8 Å². The predicted octanol–water partition coefficient (Wildman–Crippen LogP) is 5.72. The van der Waals surface area contributed by atoms with E-state index in [0.29, 0.717) is 59.7 Å². The summed E-state index contributed by atoms with van der Waals surface area (Å²) < 4.78 is 46.3. The first-order valence-corrected chi connectivity index (χ1v) is 22.5. The molecule has 14 nitrogen and oxygen atoms in total. The summed E-state index contributed by atoms with van der Waals surface area (Å²) in [4.78, 5) is 63.0. The van der Waals surface area contributed by atoms with E-state index in [0.717, 1.165) is 42.0 Å². The first-order valence-electron chi connectivity index (χ1n) is 20.6. The van der Waals surface area contributed by atoms with Crippen LogP contribution < -0.4 is 24.8 Å². The van der Waals surface area contributed by atoms with E-state index < -0.39 is 68.7 Å². The number of ether oxygens (including phenoxy) is 3. The standard InChI is InChI=1S/C43H52ClN5O9S/c1-5-26-21-43(26,40(52)48-59(54,55)29-13-14-29)47-37(50)34-19-28-22-49(34)39(51)36(24-9-6-7-10-24)46-41(53)57-23-42(2,3)16-8-11-25-17-32-30(20-35(25)56-4)31-18-27(44)12-15-33(31)45-38(32)58-28/h5,12,15,17-18,20,24,26,28-29,34,36H,1,6-11,13-14,16,19,21-23H2,2-4H3,(H,46,53)(H,47,50)(H,48,52)/t26-,28-,34+,36+,43-/m1/s1. The second kappa shape index (κ2) is 15.8. The number of hydrogen-bond donors (Lipinski definition) is 3. The number of benzene rings is 2. The molecule has 2 aromatic carbocycles. The lowest BCUT2D eigenvalue weighted by Gasteiger charge is -2.32. The van der Waals surface area contributed by atoms with Gasteiger partial charge in [-0.15, -0.1) is 6.58 Å². The van der Waals surface area contributed by atoms with Crippen LogP contribution in [0.3, 0.4) is 0 Å². The van der Waals surface area contributed by atoms with Crippen molar-refractivity contribution >= 4 is 67.1 Å². The number of hydrogen-bond acceptors (Lipinski definition) is 10. The molecule has 4 fully saturated rings. The Morgan fingerprint density at radius 1 is 1.07 bits per heavy atom. The second-order valence-electron chi connectivity index (χ2n) is 17.7. The number of nitrogens with zero attached hydrogens (tertiary/aromatic N) is 2. The highest BCUT2D eigenvalue weighted by molar-refractivity contribution is 7.91. The van der Waals surface area contributed by atoms with Crippen LogP contribution in [0, 0.1) is 17.3 Å². The fourth-order valence-electron chi connectivity index (χ4n) is 9.15. The molecule has 0 unspecified atom stereocenters. The monoisotopic (exact) mass is 849 g/mol. The molecule has 4 bridgehead atoms. The van der Waals surface area contributed by atoms with Crippen molar-refractivity contribution in [1.82, 2.24) is 25.2 Å². The molecule has 1 saturated heterocycles. The third-order valence-corrected chi connectivity index (χ3v) is 14.9. The quantitative estimate of drug-likeness (QED) is 0.188. The summed E-state index contributed by atoms with van der Waals surface area (Å²) >= 11 is 6.49. The molecule has 4 amide bonds. The van der Waals surface area contributed by atoms with Crippen molar-refractivity contribution in [2.24, 2.45) is 17.3 Å². The van der Waals surface area contributed by atoms with E-state index in [2.05, 4.69) is 21.9 Å². The molecule has 3 aromatic rings. The first kappa shape index (κ1) is 41.1. The van der Waals surface area contributed by atoms with Crippen LogP contribution in [0.25, 0.3) is 21.7 Å². The van der Waals surface area contributed by atoms with Gasteiger partial charge < -0.3 is 29.7 Å². The summed E-state index contributed by atoms with van der Waals surface area (Å²) in [5, 5.41) is 7.94. The van der Waals surface area contributed by atoms with E-state index >= 15 is 0 Å². The van der Waals surface area contributed by atoms with Gasteiger partial charge >= 0.3 is 6.09 Å². The third kappa shape index (κ3) is 8.29. The van der Waals surface area contributed by atoms with Gasteiger partial charge in [0.15, 0.2) is 0 Å². The van der Waals surface area contributed by atoms with Crippen molar-refractivity contribution in [3.05, 3.63) is 53.6 Å². The molecule has 316 valence electrons. The molecule has 3 N–H and O–H groups in total. The lowest BCUT2D eigenvalue weighted by atomic mass is 9.87. The van der Waals surface area contributed by atoms with E-state index in [-0.39, 0.29) is 37.3 Å². The molecule has 8 rings (SSSR count). The van der Waals surface area contributed by atoms with Gasteiger partial charge in [-0.2, -0.15) is 0 Å². The summed E-state index contributed by atoms with van der Waals surface area (Å²) in [7, 11) is -2.29. The summed E-state index contributed by atoms with van der Waals surface area (Å²) in [5.74, 6) is -1.68. The summed E-state index contributed by atoms with van der Waals surface area (Å²) in [6, 6.07) is 7.24. The van der Waals surface area contributed by atoms with Crippen LogP contribution >= 0.6 is 11.6 Å². The number of pyridine rings is 1. The summed E-state index contributed by atoms with van der Waals surface area (Å²) in [5.41, 5.74) is -0.400. The molecule has 0 spiro atoms. The average molecular weight is 850 g/mol.